The molecule has 0 aromatic heterocycles. The Morgan fingerprint density at radius 1 is 1.38 bits per heavy atom. The zero-order valence-electron chi connectivity index (χ0n) is 9.39. The lowest BCUT2D eigenvalue weighted by atomic mass is 10.1. The molecule has 0 amide bonds. The van der Waals surface area contributed by atoms with Crippen LogP contribution in [0.15, 0.2) is 24.3 Å². The number of aliphatic hydroxyl groups excluding tert-OH is 1. The lowest BCUT2D eigenvalue weighted by Gasteiger charge is -2.13. The topological polar surface area (TPSA) is 38.7 Å². The molecule has 1 saturated heterocycles. The molecule has 3 heteroatoms. The van der Waals surface area contributed by atoms with Gasteiger partial charge < -0.3 is 14.6 Å². The third-order valence-electron chi connectivity index (χ3n) is 2.85. The van der Waals surface area contributed by atoms with E-state index in [9.17, 15) is 0 Å². The lowest BCUT2D eigenvalue weighted by molar-refractivity contribution is 0.166. The van der Waals surface area contributed by atoms with E-state index in [2.05, 4.69) is 0 Å². The van der Waals surface area contributed by atoms with Crippen LogP contribution in [-0.2, 0) is 11.2 Å². The molecule has 88 valence electrons. The van der Waals surface area contributed by atoms with Crippen LogP contribution >= 0.6 is 0 Å². The normalized spacial score (nSPS) is 19.9. The van der Waals surface area contributed by atoms with Gasteiger partial charge in [-0.3, -0.25) is 0 Å². The van der Waals surface area contributed by atoms with Gasteiger partial charge in [0.2, 0.25) is 0 Å². The van der Waals surface area contributed by atoms with E-state index in [0.29, 0.717) is 18.9 Å². The standard InChI is InChI=1S/C13H18O3/c14-7-5-12-3-1-2-4-13(12)16-10-11-6-8-15-9-11/h1-4,11,14H,5-10H2. The van der Waals surface area contributed by atoms with Gasteiger partial charge in [-0.15, -0.1) is 0 Å². The van der Waals surface area contributed by atoms with Crippen LogP contribution < -0.4 is 4.74 Å². The number of hydrogen-bond acceptors (Lipinski definition) is 3. The average molecular weight is 222 g/mol. The summed E-state index contributed by atoms with van der Waals surface area (Å²) in [6.07, 6.45) is 1.74. The minimum Gasteiger partial charge on any atom is -0.493 e. The molecule has 1 heterocycles. The molecule has 1 atom stereocenters. The second-order valence-corrected chi connectivity index (χ2v) is 4.12. The van der Waals surface area contributed by atoms with Gasteiger partial charge in [-0.1, -0.05) is 18.2 Å². The van der Waals surface area contributed by atoms with Crippen LogP contribution in [0.25, 0.3) is 0 Å². The molecule has 0 radical (unpaired) electrons. The summed E-state index contributed by atoms with van der Waals surface area (Å²) in [5.74, 6) is 1.41. The smallest absolute Gasteiger partial charge is 0.122 e. The summed E-state index contributed by atoms with van der Waals surface area (Å²) in [5, 5.41) is 8.95. The summed E-state index contributed by atoms with van der Waals surface area (Å²) in [7, 11) is 0. The van der Waals surface area contributed by atoms with Crippen LogP contribution in [0.2, 0.25) is 0 Å². The van der Waals surface area contributed by atoms with Crippen LogP contribution in [-0.4, -0.2) is 31.5 Å². The van der Waals surface area contributed by atoms with Crippen LogP contribution in [0.1, 0.15) is 12.0 Å². The van der Waals surface area contributed by atoms with Crippen molar-refractivity contribution >= 4 is 0 Å². The predicted molar refractivity (Wildman–Crippen MR) is 61.7 cm³/mol. The number of hydrogen-bond donors (Lipinski definition) is 1. The number of rotatable bonds is 5. The van der Waals surface area contributed by atoms with E-state index in [1.165, 1.54) is 0 Å². The van der Waals surface area contributed by atoms with Crippen molar-refractivity contribution in [3.63, 3.8) is 0 Å². The number of ether oxygens (including phenoxy) is 2. The first-order chi connectivity index (χ1) is 7.90. The van der Waals surface area contributed by atoms with Crippen molar-refractivity contribution in [3.05, 3.63) is 29.8 Å². The Morgan fingerprint density at radius 3 is 3.00 bits per heavy atom. The molecule has 0 aliphatic carbocycles. The monoisotopic (exact) mass is 222 g/mol. The van der Waals surface area contributed by atoms with E-state index in [0.717, 1.165) is 30.9 Å². The molecule has 1 unspecified atom stereocenters. The second kappa shape index (κ2) is 5.87. The highest BCUT2D eigenvalue weighted by Gasteiger charge is 2.16. The second-order valence-electron chi connectivity index (χ2n) is 4.12. The molecule has 0 spiro atoms. The van der Waals surface area contributed by atoms with Gasteiger partial charge in [-0.2, -0.15) is 0 Å². The fourth-order valence-corrected chi connectivity index (χ4v) is 1.89. The highest BCUT2D eigenvalue weighted by Crippen LogP contribution is 2.21. The Balaban J connectivity index is 1.91. The Labute approximate surface area is 96.0 Å². The van der Waals surface area contributed by atoms with E-state index in [4.69, 9.17) is 14.6 Å². The third-order valence-corrected chi connectivity index (χ3v) is 2.85. The minimum atomic E-state index is 0.160. The van der Waals surface area contributed by atoms with Crippen molar-refractivity contribution in [2.24, 2.45) is 5.92 Å². The quantitative estimate of drug-likeness (QED) is 0.823. The summed E-state index contributed by atoms with van der Waals surface area (Å²) in [4.78, 5) is 0. The molecule has 1 N–H and O–H groups in total. The predicted octanol–water partition coefficient (Wildman–Crippen LogP) is 1.64. The fourth-order valence-electron chi connectivity index (χ4n) is 1.89. The van der Waals surface area contributed by atoms with Crippen molar-refractivity contribution in [2.45, 2.75) is 12.8 Å². The van der Waals surface area contributed by atoms with Gasteiger partial charge in [0.1, 0.15) is 5.75 Å². The maximum atomic E-state index is 8.95. The number of aliphatic hydroxyl groups is 1. The molecule has 0 bridgehead atoms. The molecule has 3 nitrogen and oxygen atoms in total. The molecule has 1 aliphatic rings. The van der Waals surface area contributed by atoms with Crippen molar-refractivity contribution in [1.82, 2.24) is 0 Å². The first kappa shape index (κ1) is 11.4. The van der Waals surface area contributed by atoms with E-state index in [1.807, 2.05) is 24.3 Å². The lowest BCUT2D eigenvalue weighted by Crippen LogP contribution is -2.12. The molecule has 2 rings (SSSR count). The molecule has 16 heavy (non-hydrogen) atoms. The van der Waals surface area contributed by atoms with Gasteiger partial charge >= 0.3 is 0 Å². The van der Waals surface area contributed by atoms with Gasteiger partial charge in [-0.05, 0) is 24.5 Å². The van der Waals surface area contributed by atoms with Gasteiger partial charge in [0, 0.05) is 19.1 Å². The van der Waals surface area contributed by atoms with Crippen LogP contribution in [0.5, 0.6) is 5.75 Å². The fraction of sp³-hybridized carbons (Fsp3) is 0.538. The van der Waals surface area contributed by atoms with Gasteiger partial charge in [0.15, 0.2) is 0 Å². The highest BCUT2D eigenvalue weighted by molar-refractivity contribution is 5.33. The SMILES string of the molecule is OCCc1ccccc1OCC1CCOC1. The molecule has 1 aliphatic heterocycles. The Hall–Kier alpha value is -1.06. The summed E-state index contributed by atoms with van der Waals surface area (Å²) >= 11 is 0. The van der Waals surface area contributed by atoms with Gasteiger partial charge in [-0.25, -0.2) is 0 Å². The molecular formula is C13H18O3. The van der Waals surface area contributed by atoms with Crippen LogP contribution in [0, 0.1) is 5.92 Å². The highest BCUT2D eigenvalue weighted by atomic mass is 16.5. The van der Waals surface area contributed by atoms with Crippen molar-refractivity contribution in [3.8, 4) is 5.75 Å². The third kappa shape index (κ3) is 2.97. The van der Waals surface area contributed by atoms with Crippen molar-refractivity contribution in [1.29, 1.82) is 0 Å². The molecular weight excluding hydrogens is 204 g/mol. The molecule has 0 saturated carbocycles. The van der Waals surface area contributed by atoms with Gasteiger partial charge in [0.25, 0.3) is 0 Å². The van der Waals surface area contributed by atoms with E-state index in [-0.39, 0.29) is 6.61 Å². The molecule has 1 aromatic rings. The Kier molecular flexibility index (Phi) is 4.19. The van der Waals surface area contributed by atoms with Gasteiger partial charge in [0.05, 0.1) is 13.2 Å². The summed E-state index contributed by atoms with van der Waals surface area (Å²) < 4.78 is 11.1. The van der Waals surface area contributed by atoms with Crippen molar-refractivity contribution in [2.75, 3.05) is 26.4 Å². The van der Waals surface area contributed by atoms with E-state index < -0.39 is 0 Å². The summed E-state index contributed by atoms with van der Waals surface area (Å²) in [5.41, 5.74) is 1.07. The van der Waals surface area contributed by atoms with Crippen LogP contribution in [0.4, 0.5) is 0 Å². The Morgan fingerprint density at radius 2 is 2.25 bits per heavy atom. The molecule has 1 aromatic carbocycles. The van der Waals surface area contributed by atoms with E-state index in [1.54, 1.807) is 0 Å². The first-order valence-corrected chi connectivity index (χ1v) is 5.79. The van der Waals surface area contributed by atoms with E-state index >= 15 is 0 Å². The molecule has 1 fully saturated rings. The Bertz CT molecular complexity index is 319. The zero-order valence-corrected chi connectivity index (χ0v) is 9.39. The maximum Gasteiger partial charge on any atom is 0.122 e. The summed E-state index contributed by atoms with van der Waals surface area (Å²) in [6, 6.07) is 7.88. The maximum absolute atomic E-state index is 8.95. The average Bonchev–Trinajstić information content (AvgIpc) is 2.81. The van der Waals surface area contributed by atoms with Crippen LogP contribution in [0.3, 0.4) is 0 Å². The largest absolute Gasteiger partial charge is 0.493 e. The number of benzene rings is 1. The summed E-state index contributed by atoms with van der Waals surface area (Å²) in [6.45, 7) is 2.53. The number of para-hydroxylation sites is 1. The first-order valence-electron chi connectivity index (χ1n) is 5.79. The zero-order chi connectivity index (χ0) is 11.2. The van der Waals surface area contributed by atoms with Crippen molar-refractivity contribution < 1.29 is 14.6 Å². The minimum absolute atomic E-state index is 0.160.